The van der Waals surface area contributed by atoms with E-state index in [1.807, 2.05) is 0 Å². The van der Waals surface area contributed by atoms with Crippen LogP contribution in [0.5, 0.6) is 0 Å². The topological polar surface area (TPSA) is 0 Å². The number of thiol groups is 1. The molecule has 10 heavy (non-hydrogen) atoms. The minimum Gasteiger partial charge on any atom is -0.175 e. The summed E-state index contributed by atoms with van der Waals surface area (Å²) in [5.74, 6) is 3.32. The highest BCUT2D eigenvalue weighted by Gasteiger charge is 2.39. The van der Waals surface area contributed by atoms with E-state index in [2.05, 4.69) is 40.3 Å². The standard InChI is InChI=1S/C9H18S/c1-5-6(2)8(4)9(10)7(5)3/h5-10H,1-4H3. The summed E-state index contributed by atoms with van der Waals surface area (Å²) in [6, 6.07) is 0. The van der Waals surface area contributed by atoms with E-state index < -0.39 is 0 Å². The van der Waals surface area contributed by atoms with Gasteiger partial charge >= 0.3 is 0 Å². The van der Waals surface area contributed by atoms with Gasteiger partial charge in [-0.2, -0.15) is 12.6 Å². The van der Waals surface area contributed by atoms with Gasteiger partial charge < -0.3 is 0 Å². The Balaban J connectivity index is 2.68. The first-order valence-corrected chi connectivity index (χ1v) is 4.75. The second-order valence-corrected chi connectivity index (χ2v) is 4.52. The Kier molecular flexibility index (Phi) is 2.34. The maximum absolute atomic E-state index is 4.60. The van der Waals surface area contributed by atoms with E-state index in [4.69, 9.17) is 0 Å². The first-order chi connectivity index (χ1) is 4.55. The molecule has 0 N–H and O–H groups in total. The Morgan fingerprint density at radius 2 is 1.00 bits per heavy atom. The Labute approximate surface area is 69.8 Å². The summed E-state index contributed by atoms with van der Waals surface area (Å²) >= 11 is 4.60. The molecule has 0 nitrogen and oxygen atoms in total. The average Bonchev–Trinajstić information content (AvgIpc) is 2.07. The van der Waals surface area contributed by atoms with Crippen LogP contribution in [-0.4, -0.2) is 5.25 Å². The lowest BCUT2D eigenvalue weighted by atomic mass is 9.92. The Morgan fingerprint density at radius 1 is 0.700 bits per heavy atom. The van der Waals surface area contributed by atoms with Crippen LogP contribution in [0.15, 0.2) is 0 Å². The van der Waals surface area contributed by atoms with Gasteiger partial charge in [-0.1, -0.05) is 27.7 Å². The molecule has 1 rings (SSSR count). The predicted octanol–water partition coefficient (Wildman–Crippen LogP) is 2.84. The van der Waals surface area contributed by atoms with Gasteiger partial charge in [0.05, 0.1) is 0 Å². The average molecular weight is 158 g/mol. The highest BCUT2D eigenvalue weighted by atomic mass is 32.1. The van der Waals surface area contributed by atoms with Gasteiger partial charge in [0, 0.05) is 5.25 Å². The van der Waals surface area contributed by atoms with Crippen molar-refractivity contribution in [1.82, 2.24) is 0 Å². The van der Waals surface area contributed by atoms with Crippen molar-refractivity contribution in [2.45, 2.75) is 32.9 Å². The van der Waals surface area contributed by atoms with Gasteiger partial charge in [-0.3, -0.25) is 0 Å². The molecule has 0 aromatic heterocycles. The van der Waals surface area contributed by atoms with Crippen LogP contribution in [0.3, 0.4) is 0 Å². The molecule has 60 valence electrons. The van der Waals surface area contributed by atoms with Gasteiger partial charge in [0.25, 0.3) is 0 Å². The van der Waals surface area contributed by atoms with Gasteiger partial charge in [0.2, 0.25) is 0 Å². The molecule has 0 aromatic carbocycles. The molecule has 0 amide bonds. The molecule has 0 aromatic rings. The summed E-state index contributed by atoms with van der Waals surface area (Å²) in [5, 5.41) is 0.630. The van der Waals surface area contributed by atoms with Crippen molar-refractivity contribution < 1.29 is 0 Å². The van der Waals surface area contributed by atoms with Crippen LogP contribution in [-0.2, 0) is 0 Å². The third kappa shape index (κ3) is 1.09. The first kappa shape index (κ1) is 8.45. The van der Waals surface area contributed by atoms with Crippen molar-refractivity contribution in [3.05, 3.63) is 0 Å². The van der Waals surface area contributed by atoms with Crippen molar-refractivity contribution in [3.63, 3.8) is 0 Å². The molecule has 0 radical (unpaired) electrons. The fourth-order valence-corrected chi connectivity index (χ4v) is 2.60. The summed E-state index contributed by atoms with van der Waals surface area (Å²) in [7, 11) is 0. The molecule has 0 aliphatic heterocycles. The minimum absolute atomic E-state index is 0.630. The maximum Gasteiger partial charge on any atom is 0.00733 e. The van der Waals surface area contributed by atoms with Crippen molar-refractivity contribution in [1.29, 1.82) is 0 Å². The van der Waals surface area contributed by atoms with E-state index in [1.54, 1.807) is 0 Å². The summed E-state index contributed by atoms with van der Waals surface area (Å²) in [4.78, 5) is 0. The third-order valence-corrected chi connectivity index (χ3v) is 4.51. The van der Waals surface area contributed by atoms with Crippen LogP contribution in [0.2, 0.25) is 0 Å². The van der Waals surface area contributed by atoms with Crippen molar-refractivity contribution >= 4 is 12.6 Å². The molecular formula is C9H18S. The van der Waals surface area contributed by atoms with Crippen LogP contribution >= 0.6 is 12.6 Å². The van der Waals surface area contributed by atoms with Crippen LogP contribution in [0.1, 0.15) is 27.7 Å². The second kappa shape index (κ2) is 2.77. The van der Waals surface area contributed by atoms with E-state index in [1.165, 1.54) is 0 Å². The van der Waals surface area contributed by atoms with Crippen LogP contribution in [0.4, 0.5) is 0 Å². The van der Waals surface area contributed by atoms with Crippen molar-refractivity contribution in [3.8, 4) is 0 Å². The second-order valence-electron chi connectivity index (χ2n) is 3.93. The largest absolute Gasteiger partial charge is 0.175 e. The fourth-order valence-electron chi connectivity index (χ4n) is 2.06. The molecule has 0 spiro atoms. The van der Waals surface area contributed by atoms with Crippen LogP contribution in [0.25, 0.3) is 0 Å². The molecule has 1 fully saturated rings. The lowest BCUT2D eigenvalue weighted by Crippen LogP contribution is -2.11. The number of rotatable bonds is 0. The van der Waals surface area contributed by atoms with Gasteiger partial charge in [-0.15, -0.1) is 0 Å². The van der Waals surface area contributed by atoms with E-state index in [0.29, 0.717) is 5.25 Å². The highest BCUT2D eigenvalue weighted by Crippen LogP contribution is 2.43. The Bertz CT molecular complexity index is 77.1. The molecule has 4 unspecified atom stereocenters. The zero-order valence-electron chi connectivity index (χ0n) is 7.33. The highest BCUT2D eigenvalue weighted by molar-refractivity contribution is 7.81. The van der Waals surface area contributed by atoms with E-state index in [-0.39, 0.29) is 0 Å². The van der Waals surface area contributed by atoms with E-state index in [0.717, 1.165) is 23.7 Å². The zero-order valence-corrected chi connectivity index (χ0v) is 8.23. The molecule has 1 heteroatoms. The SMILES string of the molecule is CC1C(C)C(C)C(S)C1C. The zero-order chi connectivity index (χ0) is 7.89. The van der Waals surface area contributed by atoms with Crippen LogP contribution in [0, 0.1) is 23.7 Å². The quantitative estimate of drug-likeness (QED) is 0.515. The minimum atomic E-state index is 0.630. The normalized spacial score (nSPS) is 55.5. The summed E-state index contributed by atoms with van der Waals surface area (Å²) < 4.78 is 0. The molecule has 0 saturated heterocycles. The summed E-state index contributed by atoms with van der Waals surface area (Å²) in [6.45, 7) is 9.34. The third-order valence-electron chi connectivity index (χ3n) is 3.57. The predicted molar refractivity (Wildman–Crippen MR) is 49.4 cm³/mol. The van der Waals surface area contributed by atoms with Gasteiger partial charge in [-0.25, -0.2) is 0 Å². The number of hydrogen-bond donors (Lipinski definition) is 1. The summed E-state index contributed by atoms with van der Waals surface area (Å²) in [5.41, 5.74) is 0. The van der Waals surface area contributed by atoms with Crippen LogP contribution < -0.4 is 0 Å². The molecule has 1 saturated carbocycles. The van der Waals surface area contributed by atoms with Gasteiger partial charge in [0.15, 0.2) is 0 Å². The Morgan fingerprint density at radius 3 is 1.10 bits per heavy atom. The van der Waals surface area contributed by atoms with E-state index >= 15 is 0 Å². The molecule has 1 aliphatic carbocycles. The molecule has 0 heterocycles. The fraction of sp³-hybridized carbons (Fsp3) is 1.00. The van der Waals surface area contributed by atoms with E-state index in [9.17, 15) is 0 Å². The number of hydrogen-bond acceptors (Lipinski definition) is 1. The lowest BCUT2D eigenvalue weighted by Gasteiger charge is -2.13. The van der Waals surface area contributed by atoms with Gasteiger partial charge in [0.1, 0.15) is 0 Å². The monoisotopic (exact) mass is 158 g/mol. The van der Waals surface area contributed by atoms with Crippen molar-refractivity contribution in [2.24, 2.45) is 23.7 Å². The Hall–Kier alpha value is 0.350. The van der Waals surface area contributed by atoms with Gasteiger partial charge in [-0.05, 0) is 23.7 Å². The first-order valence-electron chi connectivity index (χ1n) is 4.23. The van der Waals surface area contributed by atoms with Crippen molar-refractivity contribution in [2.75, 3.05) is 0 Å². The summed E-state index contributed by atoms with van der Waals surface area (Å²) in [6.07, 6.45) is 0. The lowest BCUT2D eigenvalue weighted by molar-refractivity contribution is 0.352. The molecule has 4 atom stereocenters. The molecule has 1 aliphatic rings. The maximum atomic E-state index is 4.60. The smallest absolute Gasteiger partial charge is 0.00733 e. The molecular weight excluding hydrogens is 140 g/mol. The molecule has 0 bridgehead atoms.